The number of aryl methyl sites for hydroxylation is 2. The molecule has 98 valence electrons. The van der Waals surface area contributed by atoms with Crippen molar-refractivity contribution >= 4 is 27.5 Å². The summed E-state index contributed by atoms with van der Waals surface area (Å²) in [7, 11) is 0. The van der Waals surface area contributed by atoms with Crippen LogP contribution in [0.25, 0.3) is 0 Å². The molecule has 0 heterocycles. The van der Waals surface area contributed by atoms with Crippen LogP contribution in [0.15, 0.2) is 40.9 Å². The fourth-order valence-corrected chi connectivity index (χ4v) is 2.14. The maximum atomic E-state index is 13.4. The van der Waals surface area contributed by atoms with Gasteiger partial charge in [0.1, 0.15) is 5.82 Å². The van der Waals surface area contributed by atoms with Gasteiger partial charge in [-0.25, -0.2) is 4.39 Å². The van der Waals surface area contributed by atoms with E-state index >= 15 is 0 Å². The number of nitrogens with one attached hydrogen (secondary N) is 1. The fraction of sp³-hybridized carbons (Fsp3) is 0.133. The van der Waals surface area contributed by atoms with E-state index in [2.05, 4.69) is 21.2 Å². The van der Waals surface area contributed by atoms with Crippen LogP contribution in [-0.2, 0) is 0 Å². The lowest BCUT2D eigenvalue weighted by Gasteiger charge is -2.09. The molecule has 2 aromatic rings. The monoisotopic (exact) mass is 321 g/mol. The minimum atomic E-state index is -0.332. The smallest absolute Gasteiger partial charge is 0.256 e. The second-order valence-electron chi connectivity index (χ2n) is 4.35. The molecule has 19 heavy (non-hydrogen) atoms. The molecule has 0 atom stereocenters. The quantitative estimate of drug-likeness (QED) is 0.869. The lowest BCUT2D eigenvalue weighted by atomic mass is 10.1. The largest absolute Gasteiger partial charge is 0.322 e. The van der Waals surface area contributed by atoms with E-state index in [1.807, 2.05) is 19.1 Å². The van der Waals surface area contributed by atoms with Gasteiger partial charge < -0.3 is 5.32 Å². The summed E-state index contributed by atoms with van der Waals surface area (Å²) in [4.78, 5) is 12.1. The van der Waals surface area contributed by atoms with Gasteiger partial charge in [0.25, 0.3) is 5.91 Å². The third-order valence-corrected chi connectivity index (χ3v) is 3.92. The van der Waals surface area contributed by atoms with Gasteiger partial charge in [0.2, 0.25) is 0 Å². The van der Waals surface area contributed by atoms with E-state index in [4.69, 9.17) is 0 Å². The summed E-state index contributed by atoms with van der Waals surface area (Å²) in [5.74, 6) is -0.597. The third kappa shape index (κ3) is 3.01. The van der Waals surface area contributed by atoms with Gasteiger partial charge in [-0.2, -0.15) is 0 Å². The summed E-state index contributed by atoms with van der Waals surface area (Å²) in [6.07, 6.45) is 0. The average Bonchev–Trinajstić information content (AvgIpc) is 2.37. The predicted molar refractivity (Wildman–Crippen MR) is 78.0 cm³/mol. The van der Waals surface area contributed by atoms with E-state index < -0.39 is 0 Å². The predicted octanol–water partition coefficient (Wildman–Crippen LogP) is 4.46. The molecule has 2 nitrogen and oxygen atoms in total. The van der Waals surface area contributed by atoms with E-state index in [9.17, 15) is 9.18 Å². The van der Waals surface area contributed by atoms with Gasteiger partial charge in [-0.15, -0.1) is 0 Å². The number of carbonyl (C=O) groups excluding carboxylic acids is 1. The molecule has 0 fully saturated rings. The second-order valence-corrected chi connectivity index (χ2v) is 5.15. The van der Waals surface area contributed by atoms with Crippen molar-refractivity contribution in [3.05, 3.63) is 63.4 Å². The van der Waals surface area contributed by atoms with Crippen molar-refractivity contribution in [3.63, 3.8) is 0 Å². The van der Waals surface area contributed by atoms with Crippen LogP contribution < -0.4 is 5.32 Å². The molecule has 0 bridgehead atoms. The highest BCUT2D eigenvalue weighted by atomic mass is 79.9. The summed E-state index contributed by atoms with van der Waals surface area (Å²) in [6, 6.07) is 10.1. The topological polar surface area (TPSA) is 29.1 Å². The standard InChI is InChI=1S/C15H13BrFNO/c1-9-6-7-11(8-13(9)17)18-15(19)12-5-3-4-10(2)14(12)16/h3-8H,1-2H3,(H,18,19). The highest BCUT2D eigenvalue weighted by molar-refractivity contribution is 9.10. The Kier molecular flexibility index (Phi) is 4.00. The first-order valence-electron chi connectivity index (χ1n) is 5.81. The summed E-state index contributed by atoms with van der Waals surface area (Å²) >= 11 is 3.39. The van der Waals surface area contributed by atoms with Crippen LogP contribution in [0, 0.1) is 19.7 Å². The van der Waals surface area contributed by atoms with Crippen LogP contribution >= 0.6 is 15.9 Å². The van der Waals surface area contributed by atoms with Crippen molar-refractivity contribution < 1.29 is 9.18 Å². The molecule has 0 aliphatic rings. The number of amides is 1. The van der Waals surface area contributed by atoms with Crippen molar-refractivity contribution in [1.29, 1.82) is 0 Å². The molecule has 0 saturated heterocycles. The molecule has 1 amide bonds. The SMILES string of the molecule is Cc1ccc(NC(=O)c2cccc(C)c2Br)cc1F. The van der Waals surface area contributed by atoms with E-state index in [1.165, 1.54) is 6.07 Å². The number of benzene rings is 2. The minimum absolute atomic E-state index is 0.265. The first-order chi connectivity index (χ1) is 8.99. The molecule has 0 aliphatic heterocycles. The fourth-order valence-electron chi connectivity index (χ4n) is 1.69. The van der Waals surface area contributed by atoms with Gasteiger partial charge in [0.15, 0.2) is 0 Å². The summed E-state index contributed by atoms with van der Waals surface area (Å²) in [5, 5.41) is 2.69. The Labute approximate surface area is 119 Å². The van der Waals surface area contributed by atoms with E-state index in [1.54, 1.807) is 25.1 Å². The maximum absolute atomic E-state index is 13.4. The molecule has 0 unspecified atom stereocenters. The molecular formula is C15H13BrFNO. The van der Waals surface area contributed by atoms with Gasteiger partial charge in [-0.05, 0) is 59.1 Å². The number of hydrogen-bond donors (Lipinski definition) is 1. The van der Waals surface area contributed by atoms with Crippen LogP contribution in [0.2, 0.25) is 0 Å². The number of hydrogen-bond acceptors (Lipinski definition) is 1. The first kappa shape index (κ1) is 13.7. The Bertz CT molecular complexity index is 640. The molecule has 0 radical (unpaired) electrons. The Hall–Kier alpha value is -1.68. The Morgan fingerprint density at radius 3 is 2.58 bits per heavy atom. The molecule has 0 aromatic heterocycles. The highest BCUT2D eigenvalue weighted by Crippen LogP contribution is 2.22. The lowest BCUT2D eigenvalue weighted by molar-refractivity contribution is 0.102. The van der Waals surface area contributed by atoms with Crippen molar-refractivity contribution in [1.82, 2.24) is 0 Å². The van der Waals surface area contributed by atoms with Crippen LogP contribution in [0.3, 0.4) is 0 Å². The summed E-state index contributed by atoms with van der Waals surface area (Å²) in [6.45, 7) is 3.59. The summed E-state index contributed by atoms with van der Waals surface area (Å²) < 4.78 is 14.2. The van der Waals surface area contributed by atoms with Gasteiger partial charge >= 0.3 is 0 Å². The average molecular weight is 322 g/mol. The highest BCUT2D eigenvalue weighted by Gasteiger charge is 2.12. The molecular weight excluding hydrogens is 309 g/mol. The van der Waals surface area contributed by atoms with Gasteiger partial charge in [-0.3, -0.25) is 4.79 Å². The van der Waals surface area contributed by atoms with E-state index in [0.29, 0.717) is 16.8 Å². The zero-order valence-corrected chi connectivity index (χ0v) is 12.2. The van der Waals surface area contributed by atoms with Gasteiger partial charge in [0.05, 0.1) is 5.56 Å². The number of halogens is 2. The molecule has 0 aliphatic carbocycles. The molecule has 0 spiro atoms. The molecule has 4 heteroatoms. The number of carbonyl (C=O) groups is 1. The van der Waals surface area contributed by atoms with Crippen molar-refractivity contribution in [2.75, 3.05) is 5.32 Å². The van der Waals surface area contributed by atoms with E-state index in [-0.39, 0.29) is 11.7 Å². The zero-order valence-electron chi connectivity index (χ0n) is 10.6. The zero-order chi connectivity index (χ0) is 14.0. The van der Waals surface area contributed by atoms with Crippen molar-refractivity contribution in [3.8, 4) is 0 Å². The minimum Gasteiger partial charge on any atom is -0.322 e. The van der Waals surface area contributed by atoms with Crippen LogP contribution in [0.1, 0.15) is 21.5 Å². The summed E-state index contributed by atoms with van der Waals surface area (Å²) in [5.41, 5.74) is 2.50. The van der Waals surface area contributed by atoms with Crippen LogP contribution in [0.4, 0.5) is 10.1 Å². The molecule has 2 rings (SSSR count). The molecule has 2 aromatic carbocycles. The van der Waals surface area contributed by atoms with Crippen molar-refractivity contribution in [2.24, 2.45) is 0 Å². The Morgan fingerprint density at radius 1 is 1.16 bits per heavy atom. The number of rotatable bonds is 2. The van der Waals surface area contributed by atoms with Crippen molar-refractivity contribution in [2.45, 2.75) is 13.8 Å². The Morgan fingerprint density at radius 2 is 1.89 bits per heavy atom. The Balaban J connectivity index is 2.26. The molecule has 0 saturated carbocycles. The van der Waals surface area contributed by atoms with Gasteiger partial charge in [-0.1, -0.05) is 18.2 Å². The van der Waals surface area contributed by atoms with Crippen LogP contribution in [-0.4, -0.2) is 5.91 Å². The first-order valence-corrected chi connectivity index (χ1v) is 6.61. The number of anilines is 1. The lowest BCUT2D eigenvalue weighted by Crippen LogP contribution is -2.13. The molecule has 1 N–H and O–H groups in total. The normalized spacial score (nSPS) is 10.3. The van der Waals surface area contributed by atoms with E-state index in [0.717, 1.165) is 10.0 Å². The second kappa shape index (κ2) is 5.53. The van der Waals surface area contributed by atoms with Gasteiger partial charge in [0, 0.05) is 10.2 Å². The maximum Gasteiger partial charge on any atom is 0.256 e. The van der Waals surface area contributed by atoms with Crippen LogP contribution in [0.5, 0.6) is 0 Å². The third-order valence-electron chi connectivity index (χ3n) is 2.87.